The molecule has 2 aromatic carbocycles. The van der Waals surface area contributed by atoms with Gasteiger partial charge < -0.3 is 9.64 Å². The second-order valence-corrected chi connectivity index (χ2v) is 7.35. The van der Waals surface area contributed by atoms with Crippen molar-refractivity contribution in [2.45, 2.75) is 26.4 Å². The topological polar surface area (TPSA) is 49.9 Å². The van der Waals surface area contributed by atoms with Crippen LogP contribution in [0.3, 0.4) is 0 Å². The predicted molar refractivity (Wildman–Crippen MR) is 116 cm³/mol. The molecule has 1 fully saturated rings. The van der Waals surface area contributed by atoms with Crippen LogP contribution in [-0.2, 0) is 17.8 Å². The molecule has 1 aliphatic heterocycles. The van der Waals surface area contributed by atoms with Gasteiger partial charge in [-0.3, -0.25) is 14.5 Å². The van der Waals surface area contributed by atoms with Gasteiger partial charge in [0.2, 0.25) is 0 Å². The Balaban J connectivity index is 0.000000208. The summed E-state index contributed by atoms with van der Waals surface area (Å²) < 4.78 is 5.29. The number of hydrogen-bond acceptors (Lipinski definition) is 5. The Morgan fingerprint density at radius 2 is 1.66 bits per heavy atom. The number of morpholine rings is 1. The van der Waals surface area contributed by atoms with E-state index in [0.717, 1.165) is 76.1 Å². The molecule has 0 aromatic heterocycles. The fourth-order valence-electron chi connectivity index (χ4n) is 3.26. The van der Waals surface area contributed by atoms with Crippen molar-refractivity contribution >= 4 is 12.6 Å². The summed E-state index contributed by atoms with van der Waals surface area (Å²) in [6, 6.07) is 15.5. The lowest BCUT2D eigenvalue weighted by Gasteiger charge is -2.26. The quantitative estimate of drug-likeness (QED) is 0.637. The highest BCUT2D eigenvalue weighted by atomic mass is 16.5. The van der Waals surface area contributed by atoms with E-state index in [2.05, 4.69) is 29.8 Å². The van der Waals surface area contributed by atoms with Gasteiger partial charge in [-0.05, 0) is 37.2 Å². The highest BCUT2D eigenvalue weighted by molar-refractivity contribution is 5.75. The van der Waals surface area contributed by atoms with Gasteiger partial charge in [-0.1, -0.05) is 49.4 Å². The smallest absolute Gasteiger partial charge is 0.150 e. The Bertz CT molecular complexity index is 740. The molecule has 0 aliphatic carbocycles. The number of hydrogen-bond donors (Lipinski definition) is 0. The first-order valence-corrected chi connectivity index (χ1v) is 10.2. The van der Waals surface area contributed by atoms with Crippen molar-refractivity contribution in [3.63, 3.8) is 0 Å². The van der Waals surface area contributed by atoms with Crippen molar-refractivity contribution in [2.24, 2.45) is 0 Å². The zero-order valence-electron chi connectivity index (χ0n) is 17.5. The van der Waals surface area contributed by atoms with Gasteiger partial charge in [-0.15, -0.1) is 0 Å². The molecule has 3 rings (SSSR count). The molecule has 1 saturated heterocycles. The Morgan fingerprint density at radius 1 is 0.966 bits per heavy atom. The summed E-state index contributed by atoms with van der Waals surface area (Å²) in [6.07, 6.45) is 2.92. The van der Waals surface area contributed by atoms with Gasteiger partial charge in [0.25, 0.3) is 0 Å². The van der Waals surface area contributed by atoms with E-state index < -0.39 is 0 Å². The molecule has 5 nitrogen and oxygen atoms in total. The van der Waals surface area contributed by atoms with E-state index in [9.17, 15) is 9.59 Å². The first-order chi connectivity index (χ1) is 14.1. The van der Waals surface area contributed by atoms with Crippen LogP contribution in [0.4, 0.5) is 0 Å². The van der Waals surface area contributed by atoms with Crippen LogP contribution in [-0.4, -0.2) is 62.3 Å². The number of benzene rings is 2. The van der Waals surface area contributed by atoms with Crippen molar-refractivity contribution in [1.29, 1.82) is 0 Å². The van der Waals surface area contributed by atoms with Gasteiger partial charge in [0, 0.05) is 37.3 Å². The van der Waals surface area contributed by atoms with Crippen LogP contribution >= 0.6 is 0 Å². The third-order valence-electron chi connectivity index (χ3n) is 4.77. The van der Waals surface area contributed by atoms with Crippen LogP contribution in [0, 0.1) is 0 Å². The summed E-state index contributed by atoms with van der Waals surface area (Å²) in [5, 5.41) is 0. The zero-order chi connectivity index (χ0) is 20.9. The molecule has 0 spiro atoms. The van der Waals surface area contributed by atoms with E-state index >= 15 is 0 Å². The maximum absolute atomic E-state index is 10.6. The highest BCUT2D eigenvalue weighted by Crippen LogP contribution is 2.08. The third kappa shape index (κ3) is 8.69. The zero-order valence-corrected chi connectivity index (χ0v) is 17.5. The Morgan fingerprint density at radius 3 is 2.28 bits per heavy atom. The minimum Gasteiger partial charge on any atom is -0.379 e. The number of nitrogens with zero attached hydrogens (tertiary/aromatic N) is 2. The van der Waals surface area contributed by atoms with Gasteiger partial charge in [0.05, 0.1) is 13.2 Å². The second-order valence-electron chi connectivity index (χ2n) is 7.35. The lowest BCUT2D eigenvalue weighted by molar-refractivity contribution is 0.0342. The number of carbonyl (C=O) groups excluding carboxylic acids is 2. The molecule has 29 heavy (non-hydrogen) atoms. The van der Waals surface area contributed by atoms with E-state index in [0.29, 0.717) is 0 Å². The van der Waals surface area contributed by atoms with Crippen LogP contribution in [0.1, 0.15) is 45.2 Å². The minimum absolute atomic E-state index is 0.737. The lowest BCUT2D eigenvalue weighted by Crippen LogP contribution is -2.35. The van der Waals surface area contributed by atoms with Crippen LogP contribution in [0.15, 0.2) is 48.5 Å². The summed E-state index contributed by atoms with van der Waals surface area (Å²) in [7, 11) is 2.09. The number of ether oxygens (including phenoxy) is 1. The van der Waals surface area contributed by atoms with E-state index in [-0.39, 0.29) is 0 Å². The molecule has 1 heterocycles. The van der Waals surface area contributed by atoms with E-state index in [1.54, 1.807) is 0 Å². The molecule has 2 aromatic rings. The van der Waals surface area contributed by atoms with Crippen molar-refractivity contribution in [2.75, 3.05) is 39.9 Å². The van der Waals surface area contributed by atoms with E-state index in [1.807, 2.05) is 42.5 Å². The van der Waals surface area contributed by atoms with E-state index in [1.165, 1.54) is 11.1 Å². The molecular formula is C24H32N2O3. The summed E-state index contributed by atoms with van der Waals surface area (Å²) >= 11 is 0. The molecule has 0 amide bonds. The third-order valence-corrected chi connectivity index (χ3v) is 4.77. The summed E-state index contributed by atoms with van der Waals surface area (Å²) in [5.74, 6) is 0. The molecule has 0 atom stereocenters. The Kier molecular flexibility index (Phi) is 10.3. The molecule has 0 saturated carbocycles. The molecule has 0 unspecified atom stereocenters. The largest absolute Gasteiger partial charge is 0.379 e. The van der Waals surface area contributed by atoms with Gasteiger partial charge >= 0.3 is 0 Å². The molecule has 5 heteroatoms. The average molecular weight is 397 g/mol. The Hall–Kier alpha value is -2.34. The van der Waals surface area contributed by atoms with Crippen molar-refractivity contribution in [1.82, 2.24) is 9.80 Å². The number of rotatable bonds is 8. The SMILES string of the molecule is CCCN(C)Cc1cccc(C=O)c1.O=Cc1ccc(CN2CCOCC2)cc1. The molecule has 0 bridgehead atoms. The van der Waals surface area contributed by atoms with Gasteiger partial charge in [0.15, 0.2) is 0 Å². The molecule has 1 aliphatic rings. The maximum atomic E-state index is 10.6. The van der Waals surface area contributed by atoms with Crippen LogP contribution in [0.25, 0.3) is 0 Å². The van der Waals surface area contributed by atoms with Crippen LogP contribution in [0.2, 0.25) is 0 Å². The minimum atomic E-state index is 0.737. The lowest BCUT2D eigenvalue weighted by atomic mass is 10.1. The predicted octanol–water partition coefficient (Wildman–Crippen LogP) is 3.67. The maximum Gasteiger partial charge on any atom is 0.150 e. The first kappa shape index (κ1) is 22.9. The van der Waals surface area contributed by atoms with Crippen molar-refractivity contribution in [3.05, 3.63) is 70.8 Å². The fourth-order valence-corrected chi connectivity index (χ4v) is 3.26. The fraction of sp³-hybridized carbons (Fsp3) is 0.417. The normalized spacial score (nSPS) is 14.2. The molecular weight excluding hydrogens is 364 g/mol. The summed E-state index contributed by atoms with van der Waals surface area (Å²) in [4.78, 5) is 25.7. The monoisotopic (exact) mass is 396 g/mol. The van der Waals surface area contributed by atoms with Gasteiger partial charge in [-0.2, -0.15) is 0 Å². The van der Waals surface area contributed by atoms with Crippen LogP contribution in [0.5, 0.6) is 0 Å². The molecule has 156 valence electrons. The van der Waals surface area contributed by atoms with Crippen LogP contribution < -0.4 is 0 Å². The number of aldehydes is 2. The van der Waals surface area contributed by atoms with Gasteiger partial charge in [-0.25, -0.2) is 0 Å². The summed E-state index contributed by atoms with van der Waals surface area (Å²) in [6.45, 7) is 8.76. The first-order valence-electron chi connectivity index (χ1n) is 10.2. The van der Waals surface area contributed by atoms with Crippen molar-refractivity contribution < 1.29 is 14.3 Å². The Labute approximate surface area is 174 Å². The average Bonchev–Trinajstić information content (AvgIpc) is 2.76. The second kappa shape index (κ2) is 13.0. The van der Waals surface area contributed by atoms with Gasteiger partial charge in [0.1, 0.15) is 12.6 Å². The standard InChI is InChI=1S/C12H15NO2.C12H17NO/c14-10-12-3-1-11(2-4-12)9-13-5-7-15-8-6-13;1-3-7-13(2)9-11-5-4-6-12(8-11)10-14/h1-4,10H,5-9H2;4-6,8,10H,3,7,9H2,1-2H3. The van der Waals surface area contributed by atoms with E-state index in [4.69, 9.17) is 4.74 Å². The molecule has 0 radical (unpaired) electrons. The van der Waals surface area contributed by atoms with Crippen molar-refractivity contribution in [3.8, 4) is 0 Å². The highest BCUT2D eigenvalue weighted by Gasteiger charge is 2.10. The number of carbonyl (C=O) groups is 2. The molecule has 0 N–H and O–H groups in total. The summed E-state index contributed by atoms with van der Waals surface area (Å²) in [5.41, 5.74) is 3.95.